The Morgan fingerprint density at radius 3 is 2.70 bits per heavy atom. The Labute approximate surface area is 180 Å². The lowest BCUT2D eigenvalue weighted by molar-refractivity contribution is -0.120. The molecule has 1 aromatic carbocycles. The molecule has 0 spiro atoms. The number of benzene rings is 1. The lowest BCUT2D eigenvalue weighted by Gasteiger charge is -2.31. The average molecular weight is 450 g/mol. The summed E-state index contributed by atoms with van der Waals surface area (Å²) in [4.78, 5) is 41.8. The van der Waals surface area contributed by atoms with Gasteiger partial charge >= 0.3 is 0 Å². The Bertz CT molecular complexity index is 994. The van der Waals surface area contributed by atoms with E-state index in [0.717, 1.165) is 5.01 Å². The lowest BCUT2D eigenvalue weighted by atomic mass is 9.97. The van der Waals surface area contributed by atoms with Crippen LogP contribution in [0, 0.1) is 17.1 Å². The number of amides is 3. The van der Waals surface area contributed by atoms with Gasteiger partial charge in [0.15, 0.2) is 0 Å². The van der Waals surface area contributed by atoms with Crippen LogP contribution in [-0.4, -0.2) is 40.7 Å². The zero-order chi connectivity index (χ0) is 21.7. The summed E-state index contributed by atoms with van der Waals surface area (Å²) in [7, 11) is 0. The largest absolute Gasteiger partial charge is 0.338 e. The van der Waals surface area contributed by atoms with Crippen LogP contribution in [0.1, 0.15) is 51.0 Å². The second-order valence-electron chi connectivity index (χ2n) is 6.57. The van der Waals surface area contributed by atoms with Crippen LogP contribution < -0.4 is 10.9 Å². The van der Waals surface area contributed by atoms with E-state index in [4.69, 9.17) is 16.9 Å². The van der Waals surface area contributed by atoms with Crippen molar-refractivity contribution in [1.82, 2.24) is 20.7 Å². The van der Waals surface area contributed by atoms with Gasteiger partial charge in [0.1, 0.15) is 17.9 Å². The molecule has 8 nitrogen and oxygen atoms in total. The average Bonchev–Trinajstić information content (AvgIpc) is 3.22. The summed E-state index contributed by atoms with van der Waals surface area (Å²) in [5.74, 6) is -2.22. The molecule has 2 heterocycles. The van der Waals surface area contributed by atoms with E-state index in [2.05, 4.69) is 15.8 Å². The molecule has 0 radical (unpaired) electrons. The number of rotatable bonds is 4. The Hall–Kier alpha value is -3.03. The third kappa shape index (κ3) is 4.93. The Balaban J connectivity index is 1.57. The van der Waals surface area contributed by atoms with Crippen LogP contribution in [0.15, 0.2) is 23.6 Å². The predicted molar refractivity (Wildman–Crippen MR) is 107 cm³/mol. The van der Waals surface area contributed by atoms with Crippen molar-refractivity contribution in [2.24, 2.45) is 0 Å². The van der Waals surface area contributed by atoms with Crippen LogP contribution in [0.2, 0.25) is 5.02 Å². The monoisotopic (exact) mass is 449 g/mol. The summed E-state index contributed by atoms with van der Waals surface area (Å²) in [6.45, 7) is 0.832. The quantitative estimate of drug-likeness (QED) is 0.696. The molecule has 0 atom stereocenters. The van der Waals surface area contributed by atoms with Crippen LogP contribution in [0.3, 0.4) is 0 Å². The van der Waals surface area contributed by atoms with Crippen molar-refractivity contribution in [1.29, 1.82) is 5.26 Å². The Kier molecular flexibility index (Phi) is 6.97. The minimum absolute atomic E-state index is 0.0601. The first-order valence-corrected chi connectivity index (χ1v) is 10.3. The first kappa shape index (κ1) is 21.7. The fraction of sp³-hybridized carbons (Fsp3) is 0.316. The van der Waals surface area contributed by atoms with E-state index in [1.54, 1.807) is 16.3 Å². The molecule has 11 heteroatoms. The molecule has 3 amide bonds. The molecule has 0 bridgehead atoms. The normalized spacial score (nSPS) is 14.1. The molecule has 156 valence electrons. The molecule has 3 rings (SSSR count). The number of piperidine rings is 1. The highest BCUT2D eigenvalue weighted by Gasteiger charge is 2.29. The molecule has 30 heavy (non-hydrogen) atoms. The molecule has 1 saturated heterocycles. The fourth-order valence-corrected chi connectivity index (χ4v) is 4.29. The van der Waals surface area contributed by atoms with Gasteiger partial charge in [-0.05, 0) is 25.0 Å². The van der Waals surface area contributed by atoms with Crippen molar-refractivity contribution >= 4 is 40.7 Å². The second-order valence-corrected chi connectivity index (χ2v) is 7.87. The first-order valence-electron chi connectivity index (χ1n) is 9.05. The molecule has 2 aromatic rings. The summed E-state index contributed by atoms with van der Waals surface area (Å²) < 4.78 is 14.0. The molecular formula is C19H17ClFN5O3S. The standard InChI is InChI=1S/C19H17ClFN5O3S/c20-12-2-1-3-13(21)16(12)19(29)26-8-5-11(6-9-26)18-23-14(10-30-18)17(28)25-24-15(27)4-7-22/h1-3,10-11H,4-6,8-9H2,(H,24,27)(H,25,28). The van der Waals surface area contributed by atoms with Crippen LogP contribution in [0.4, 0.5) is 4.39 Å². The molecule has 2 N–H and O–H groups in total. The van der Waals surface area contributed by atoms with Gasteiger partial charge in [-0.1, -0.05) is 17.7 Å². The van der Waals surface area contributed by atoms with E-state index < -0.39 is 23.5 Å². The van der Waals surface area contributed by atoms with Crippen molar-refractivity contribution in [3.8, 4) is 6.07 Å². The SMILES string of the molecule is N#CCC(=O)NNC(=O)c1csc(C2CCN(C(=O)c3c(F)cccc3Cl)CC2)n1. The van der Waals surface area contributed by atoms with Crippen LogP contribution in [0.25, 0.3) is 0 Å². The van der Waals surface area contributed by atoms with Gasteiger partial charge in [-0.3, -0.25) is 25.2 Å². The summed E-state index contributed by atoms with van der Waals surface area (Å²) in [5, 5.41) is 10.8. The van der Waals surface area contributed by atoms with Gasteiger partial charge in [0, 0.05) is 24.4 Å². The minimum Gasteiger partial charge on any atom is -0.338 e. The maximum atomic E-state index is 14.0. The number of likely N-dealkylation sites (tertiary alicyclic amines) is 1. The van der Waals surface area contributed by atoms with Gasteiger partial charge in [0.25, 0.3) is 17.7 Å². The van der Waals surface area contributed by atoms with Gasteiger partial charge in [-0.25, -0.2) is 9.37 Å². The molecule has 0 saturated carbocycles. The first-order chi connectivity index (χ1) is 14.4. The van der Waals surface area contributed by atoms with E-state index in [-0.39, 0.29) is 28.6 Å². The summed E-state index contributed by atoms with van der Waals surface area (Å²) in [5.41, 5.74) is 4.37. The number of aromatic nitrogens is 1. The summed E-state index contributed by atoms with van der Waals surface area (Å²) in [6, 6.07) is 5.81. The number of halogens is 2. The number of thiazole rings is 1. The van der Waals surface area contributed by atoms with Crippen LogP contribution in [-0.2, 0) is 4.79 Å². The van der Waals surface area contributed by atoms with E-state index in [1.165, 1.54) is 29.5 Å². The molecule has 0 unspecified atom stereocenters. The molecular weight excluding hydrogens is 433 g/mol. The highest BCUT2D eigenvalue weighted by atomic mass is 35.5. The third-order valence-electron chi connectivity index (χ3n) is 4.62. The van der Waals surface area contributed by atoms with Crippen molar-refractivity contribution in [2.45, 2.75) is 25.2 Å². The molecule has 1 aliphatic heterocycles. The van der Waals surface area contributed by atoms with Gasteiger partial charge in [0.2, 0.25) is 0 Å². The molecule has 1 fully saturated rings. The topological polar surface area (TPSA) is 115 Å². The second kappa shape index (κ2) is 9.65. The molecule has 1 aliphatic rings. The highest BCUT2D eigenvalue weighted by Crippen LogP contribution is 2.31. The maximum Gasteiger partial charge on any atom is 0.289 e. The lowest BCUT2D eigenvalue weighted by Crippen LogP contribution is -2.41. The fourth-order valence-electron chi connectivity index (χ4n) is 3.08. The van der Waals surface area contributed by atoms with Crippen molar-refractivity contribution in [3.05, 3.63) is 50.7 Å². The van der Waals surface area contributed by atoms with Gasteiger partial charge in [-0.15, -0.1) is 11.3 Å². The Morgan fingerprint density at radius 2 is 2.03 bits per heavy atom. The zero-order valence-electron chi connectivity index (χ0n) is 15.7. The molecule has 0 aliphatic carbocycles. The third-order valence-corrected chi connectivity index (χ3v) is 5.94. The van der Waals surface area contributed by atoms with Crippen molar-refractivity contribution in [3.63, 3.8) is 0 Å². The van der Waals surface area contributed by atoms with Crippen molar-refractivity contribution < 1.29 is 18.8 Å². The smallest absolute Gasteiger partial charge is 0.289 e. The number of nitriles is 1. The van der Waals surface area contributed by atoms with E-state index in [0.29, 0.717) is 25.9 Å². The maximum absolute atomic E-state index is 14.0. The van der Waals surface area contributed by atoms with Crippen molar-refractivity contribution in [2.75, 3.05) is 13.1 Å². The number of nitrogens with zero attached hydrogens (tertiary/aromatic N) is 3. The van der Waals surface area contributed by atoms with Gasteiger partial charge in [0.05, 0.1) is 21.7 Å². The van der Waals surface area contributed by atoms with E-state index in [9.17, 15) is 18.8 Å². The number of hydrazine groups is 1. The van der Waals surface area contributed by atoms with Gasteiger partial charge in [-0.2, -0.15) is 5.26 Å². The summed E-state index contributed by atoms with van der Waals surface area (Å²) >= 11 is 7.31. The van der Waals surface area contributed by atoms with Gasteiger partial charge < -0.3 is 4.90 Å². The van der Waals surface area contributed by atoms with Crippen LogP contribution in [0.5, 0.6) is 0 Å². The van der Waals surface area contributed by atoms with E-state index >= 15 is 0 Å². The highest BCUT2D eigenvalue weighted by molar-refractivity contribution is 7.09. The summed E-state index contributed by atoms with van der Waals surface area (Å²) in [6.07, 6.45) is 0.870. The van der Waals surface area contributed by atoms with E-state index in [1.807, 2.05) is 0 Å². The van der Waals surface area contributed by atoms with Crippen LogP contribution >= 0.6 is 22.9 Å². The number of hydrogen-bond donors (Lipinski definition) is 2. The number of carbonyl (C=O) groups is 3. The predicted octanol–water partition coefficient (Wildman–Crippen LogP) is 2.63. The number of hydrogen-bond acceptors (Lipinski definition) is 6. The minimum atomic E-state index is -0.646. The molecule has 1 aromatic heterocycles. The number of nitrogens with one attached hydrogen (secondary N) is 2. The Morgan fingerprint density at radius 1 is 1.30 bits per heavy atom. The number of carbonyl (C=O) groups excluding carboxylic acids is 3. The zero-order valence-corrected chi connectivity index (χ0v) is 17.2.